The van der Waals surface area contributed by atoms with Crippen LogP contribution >= 0.6 is 12.4 Å². The van der Waals surface area contributed by atoms with Gasteiger partial charge in [-0.2, -0.15) is 4.98 Å². The number of phenolic OH excluding ortho intramolecular Hbond substituents is 1. The zero-order chi connectivity index (χ0) is 14.3. The van der Waals surface area contributed by atoms with Crippen molar-refractivity contribution in [2.24, 2.45) is 0 Å². The van der Waals surface area contributed by atoms with Gasteiger partial charge in [-0.3, -0.25) is 9.36 Å². The van der Waals surface area contributed by atoms with Gasteiger partial charge in [-0.25, -0.2) is 9.37 Å². The summed E-state index contributed by atoms with van der Waals surface area (Å²) in [4.78, 5) is 22.7. The molecule has 4 N–H and O–H groups in total. The van der Waals surface area contributed by atoms with Gasteiger partial charge >= 0.3 is 0 Å². The Bertz CT molecular complexity index is 860. The number of nitrogens with two attached hydrogens (primary N) is 1. The molecular formula is C12H11ClFN5O2. The Kier molecular flexibility index (Phi) is 3.81. The lowest BCUT2D eigenvalue weighted by Gasteiger charge is -2.09. The van der Waals surface area contributed by atoms with Crippen LogP contribution in [0.5, 0.6) is 5.75 Å². The van der Waals surface area contributed by atoms with Crippen molar-refractivity contribution in [1.29, 1.82) is 0 Å². The summed E-state index contributed by atoms with van der Waals surface area (Å²) in [6, 6.07) is 3.68. The molecule has 2 aromatic heterocycles. The van der Waals surface area contributed by atoms with E-state index in [4.69, 9.17) is 10.8 Å². The Morgan fingerprint density at radius 1 is 1.43 bits per heavy atom. The Balaban J connectivity index is 0.00000161. The van der Waals surface area contributed by atoms with Crippen LogP contribution in [0.4, 0.5) is 10.3 Å². The van der Waals surface area contributed by atoms with Gasteiger partial charge in [0, 0.05) is 11.6 Å². The van der Waals surface area contributed by atoms with Crippen LogP contribution in [0.2, 0.25) is 0 Å². The lowest BCUT2D eigenvalue weighted by Crippen LogP contribution is -2.25. The van der Waals surface area contributed by atoms with E-state index in [-0.39, 0.29) is 47.4 Å². The van der Waals surface area contributed by atoms with Crippen LogP contribution in [0.1, 0.15) is 5.56 Å². The van der Waals surface area contributed by atoms with Gasteiger partial charge in [-0.15, -0.1) is 12.4 Å². The quantitative estimate of drug-likeness (QED) is 0.654. The number of rotatable bonds is 2. The van der Waals surface area contributed by atoms with E-state index in [1.165, 1.54) is 18.5 Å². The fraction of sp³-hybridized carbons (Fsp3) is 0.0833. The van der Waals surface area contributed by atoms with E-state index in [2.05, 4.69) is 15.0 Å². The Morgan fingerprint density at radius 3 is 2.90 bits per heavy atom. The van der Waals surface area contributed by atoms with Crippen LogP contribution < -0.4 is 11.3 Å². The molecule has 0 unspecified atom stereocenters. The fourth-order valence-corrected chi connectivity index (χ4v) is 1.92. The average molecular weight is 312 g/mol. The number of nitrogen functional groups attached to an aromatic ring is 1. The Labute approximate surface area is 123 Å². The molecule has 3 aromatic rings. The minimum atomic E-state index is -0.626. The van der Waals surface area contributed by atoms with Crippen molar-refractivity contribution in [3.05, 3.63) is 46.3 Å². The number of H-pyrrole nitrogens is 1. The van der Waals surface area contributed by atoms with Gasteiger partial charge in [-0.1, -0.05) is 6.07 Å². The first-order valence-corrected chi connectivity index (χ1v) is 5.73. The summed E-state index contributed by atoms with van der Waals surface area (Å²) in [7, 11) is 0. The summed E-state index contributed by atoms with van der Waals surface area (Å²) >= 11 is 0. The van der Waals surface area contributed by atoms with E-state index >= 15 is 0 Å². The zero-order valence-corrected chi connectivity index (χ0v) is 11.4. The standard InChI is InChI=1S/C12H10FN5O2.ClH/c13-8-3-7(19)2-1-6(8)4-18-11(20)9-10(16-5-15-9)17-12(18)14;/h1-3,5,19H,4H2,(H2,14,17)(H,15,16);1H. The van der Waals surface area contributed by atoms with E-state index in [1.54, 1.807) is 0 Å². The predicted molar refractivity (Wildman–Crippen MR) is 77.0 cm³/mol. The van der Waals surface area contributed by atoms with Crippen molar-refractivity contribution in [2.45, 2.75) is 6.54 Å². The lowest BCUT2D eigenvalue weighted by atomic mass is 10.2. The molecule has 0 aliphatic carbocycles. The monoisotopic (exact) mass is 311 g/mol. The van der Waals surface area contributed by atoms with Gasteiger partial charge in [0.2, 0.25) is 5.95 Å². The molecule has 0 aliphatic rings. The highest BCUT2D eigenvalue weighted by atomic mass is 35.5. The first-order chi connectivity index (χ1) is 9.56. The molecule has 0 saturated heterocycles. The average Bonchev–Trinajstić information content (AvgIpc) is 2.85. The maximum absolute atomic E-state index is 13.7. The summed E-state index contributed by atoms with van der Waals surface area (Å²) in [5.41, 5.74) is 5.89. The van der Waals surface area contributed by atoms with Crippen LogP contribution in [-0.4, -0.2) is 24.6 Å². The molecule has 0 fully saturated rings. The maximum Gasteiger partial charge on any atom is 0.283 e. The molecular weight excluding hydrogens is 301 g/mol. The number of hydrogen-bond acceptors (Lipinski definition) is 5. The molecule has 0 saturated carbocycles. The van der Waals surface area contributed by atoms with Gasteiger partial charge in [0.05, 0.1) is 12.9 Å². The second kappa shape index (κ2) is 5.41. The van der Waals surface area contributed by atoms with Crippen LogP contribution in [0, 0.1) is 5.82 Å². The van der Waals surface area contributed by atoms with Crippen molar-refractivity contribution in [3.63, 3.8) is 0 Å². The van der Waals surface area contributed by atoms with Crippen LogP contribution in [0.3, 0.4) is 0 Å². The number of aromatic amines is 1. The van der Waals surface area contributed by atoms with Crippen molar-refractivity contribution in [3.8, 4) is 5.75 Å². The van der Waals surface area contributed by atoms with Gasteiger partial charge in [0.15, 0.2) is 11.2 Å². The molecule has 0 amide bonds. The third-order valence-corrected chi connectivity index (χ3v) is 2.93. The molecule has 1 aromatic carbocycles. The number of imidazole rings is 1. The van der Waals surface area contributed by atoms with Crippen molar-refractivity contribution in [2.75, 3.05) is 5.73 Å². The molecule has 9 heteroatoms. The van der Waals surface area contributed by atoms with Gasteiger partial charge in [0.25, 0.3) is 5.56 Å². The maximum atomic E-state index is 13.7. The first kappa shape index (κ1) is 14.8. The molecule has 0 radical (unpaired) electrons. The van der Waals surface area contributed by atoms with E-state index in [0.717, 1.165) is 10.6 Å². The number of aromatic hydroxyl groups is 1. The topological polar surface area (TPSA) is 110 Å². The summed E-state index contributed by atoms with van der Waals surface area (Å²) < 4.78 is 14.8. The smallest absolute Gasteiger partial charge is 0.283 e. The predicted octanol–water partition coefficient (Wildman–Crippen LogP) is 1.02. The second-order valence-corrected chi connectivity index (χ2v) is 4.24. The summed E-state index contributed by atoms with van der Waals surface area (Å²) in [5.74, 6) is -0.856. The number of anilines is 1. The normalized spacial score (nSPS) is 10.5. The highest BCUT2D eigenvalue weighted by molar-refractivity contribution is 5.85. The Hall–Kier alpha value is -2.61. The van der Waals surface area contributed by atoms with Gasteiger partial charge < -0.3 is 15.8 Å². The van der Waals surface area contributed by atoms with Crippen molar-refractivity contribution < 1.29 is 9.50 Å². The largest absolute Gasteiger partial charge is 0.508 e. The molecule has 21 heavy (non-hydrogen) atoms. The fourth-order valence-electron chi connectivity index (χ4n) is 1.92. The van der Waals surface area contributed by atoms with Crippen molar-refractivity contribution >= 4 is 29.5 Å². The minimum Gasteiger partial charge on any atom is -0.508 e. The van der Waals surface area contributed by atoms with Crippen molar-refractivity contribution in [1.82, 2.24) is 19.5 Å². The molecule has 0 atom stereocenters. The molecule has 7 nitrogen and oxygen atoms in total. The number of benzene rings is 1. The molecule has 0 aliphatic heterocycles. The molecule has 0 bridgehead atoms. The first-order valence-electron chi connectivity index (χ1n) is 5.73. The highest BCUT2D eigenvalue weighted by Gasteiger charge is 2.13. The highest BCUT2D eigenvalue weighted by Crippen LogP contribution is 2.16. The van der Waals surface area contributed by atoms with Gasteiger partial charge in [-0.05, 0) is 6.07 Å². The second-order valence-electron chi connectivity index (χ2n) is 4.24. The summed E-state index contributed by atoms with van der Waals surface area (Å²) in [5, 5.41) is 9.17. The number of hydrogen-bond donors (Lipinski definition) is 3. The Morgan fingerprint density at radius 2 is 2.19 bits per heavy atom. The number of phenols is 1. The number of aromatic nitrogens is 4. The number of fused-ring (bicyclic) bond motifs is 1. The molecule has 2 heterocycles. The summed E-state index contributed by atoms with van der Waals surface area (Å²) in [6.07, 6.45) is 1.34. The number of halogens is 2. The lowest BCUT2D eigenvalue weighted by molar-refractivity contribution is 0.467. The third kappa shape index (κ3) is 2.52. The SMILES string of the molecule is Cl.Nc1nc2[nH]cnc2c(=O)n1Cc1ccc(O)cc1F. The molecule has 0 spiro atoms. The molecule has 110 valence electrons. The van der Waals surface area contributed by atoms with Gasteiger partial charge in [0.1, 0.15) is 11.6 Å². The molecule has 3 rings (SSSR count). The van der Waals surface area contributed by atoms with E-state index < -0.39 is 11.4 Å². The van der Waals surface area contributed by atoms with Crippen LogP contribution in [0.25, 0.3) is 11.2 Å². The van der Waals surface area contributed by atoms with E-state index in [0.29, 0.717) is 0 Å². The van der Waals surface area contributed by atoms with E-state index in [1.807, 2.05) is 0 Å². The summed E-state index contributed by atoms with van der Waals surface area (Å²) in [6.45, 7) is -0.0907. The number of nitrogens with one attached hydrogen (secondary N) is 1. The van der Waals surface area contributed by atoms with E-state index in [9.17, 15) is 9.18 Å². The van der Waals surface area contributed by atoms with Crippen LogP contribution in [-0.2, 0) is 6.54 Å². The zero-order valence-electron chi connectivity index (χ0n) is 10.6. The van der Waals surface area contributed by atoms with Crippen LogP contribution in [0.15, 0.2) is 29.3 Å². The third-order valence-electron chi connectivity index (χ3n) is 2.93. The minimum absolute atomic E-state index is 0. The number of nitrogens with zero attached hydrogens (tertiary/aromatic N) is 3.